The zero-order valence-electron chi connectivity index (χ0n) is 10.4. The maximum absolute atomic E-state index is 10.0. The smallest absolute Gasteiger partial charge is 0.0897 e. The van der Waals surface area contributed by atoms with Gasteiger partial charge in [0.15, 0.2) is 0 Å². The van der Waals surface area contributed by atoms with Gasteiger partial charge in [-0.3, -0.25) is 0 Å². The molecule has 0 heterocycles. The molecule has 0 radical (unpaired) electrons. The third-order valence-corrected chi connectivity index (χ3v) is 0.632. The minimum absolute atomic E-state index is 0.312. The third-order valence-electron chi connectivity index (χ3n) is 0.632. The largest absolute Gasteiger partial charge is 0.223 e. The molecule has 0 amide bonds. The molecule has 3 nitrogen and oxygen atoms in total. The van der Waals surface area contributed by atoms with Crippen LogP contribution >= 0.6 is 0 Å². The summed E-state index contributed by atoms with van der Waals surface area (Å²) >= 11 is 0. The summed E-state index contributed by atoms with van der Waals surface area (Å²) in [6, 6.07) is 3.26. The Bertz CT molecular complexity index is 126. The quantitative estimate of drug-likeness (QED) is 0.546. The van der Waals surface area contributed by atoms with E-state index in [4.69, 9.17) is 0 Å². The van der Waals surface area contributed by atoms with Crippen molar-refractivity contribution in [1.82, 2.24) is 5.54 Å². The summed E-state index contributed by atoms with van der Waals surface area (Å²) in [4.78, 5) is 7.90. The lowest BCUT2D eigenvalue weighted by molar-refractivity contribution is 0.380. The summed E-state index contributed by atoms with van der Waals surface area (Å²) in [5.74, 6) is 0. The van der Waals surface area contributed by atoms with Crippen LogP contribution in [0.25, 0.3) is 0 Å². The Labute approximate surface area is 87.5 Å². The van der Waals surface area contributed by atoms with Crippen LogP contribution in [0.4, 0.5) is 4.48 Å². The van der Waals surface area contributed by atoms with E-state index < -0.39 is 0 Å². The Balaban J connectivity index is -0.000000205. The fourth-order valence-corrected chi connectivity index (χ4v) is 0.264. The van der Waals surface area contributed by atoms with Gasteiger partial charge in [0, 0.05) is 7.05 Å². The average molecular weight is 205 g/mol. The standard InChI is InChI=1S/C7H14N2.C2H6.CH4FN/c1-6(2)8-5-9-7(3)4;1-2;1-3-2/h6-7H,1-4H3;1-2H3;3H,1H3. The SMILES string of the molecule is CC.CC(C)N=C=NC(C)C.CNF. The average Bonchev–Trinajstić information content (AvgIpc) is 2.08. The van der Waals surface area contributed by atoms with Crippen LogP contribution in [0.1, 0.15) is 41.5 Å². The van der Waals surface area contributed by atoms with Crippen LogP contribution in [-0.4, -0.2) is 25.1 Å². The van der Waals surface area contributed by atoms with E-state index in [2.05, 4.69) is 16.0 Å². The van der Waals surface area contributed by atoms with E-state index in [1.54, 1.807) is 0 Å². The van der Waals surface area contributed by atoms with Crippen LogP contribution in [0.15, 0.2) is 9.98 Å². The summed E-state index contributed by atoms with van der Waals surface area (Å²) in [7, 11) is 1.21. The van der Waals surface area contributed by atoms with Gasteiger partial charge in [0.2, 0.25) is 0 Å². The van der Waals surface area contributed by atoms with Crippen LogP contribution in [-0.2, 0) is 0 Å². The molecule has 0 saturated carbocycles. The maximum Gasteiger partial charge on any atom is 0.0897 e. The first kappa shape index (κ1) is 18.9. The molecule has 0 aromatic rings. The van der Waals surface area contributed by atoms with Gasteiger partial charge >= 0.3 is 0 Å². The molecule has 0 aliphatic carbocycles. The van der Waals surface area contributed by atoms with E-state index in [0.29, 0.717) is 12.1 Å². The molecule has 0 saturated heterocycles. The first-order valence-corrected chi connectivity index (χ1v) is 4.96. The molecule has 0 aliphatic rings. The molecule has 0 rings (SSSR count). The Morgan fingerprint density at radius 3 is 1.36 bits per heavy atom. The van der Waals surface area contributed by atoms with Gasteiger partial charge < -0.3 is 0 Å². The van der Waals surface area contributed by atoms with Crippen molar-refractivity contribution in [1.29, 1.82) is 0 Å². The number of rotatable bonds is 2. The molecular formula is C10H24FN3. The molecule has 0 unspecified atom stereocenters. The number of halogens is 1. The lowest BCUT2D eigenvalue weighted by Crippen LogP contribution is -1.88. The van der Waals surface area contributed by atoms with Crippen molar-refractivity contribution in [3.05, 3.63) is 0 Å². The van der Waals surface area contributed by atoms with Crippen molar-refractivity contribution < 1.29 is 4.48 Å². The molecule has 4 heteroatoms. The van der Waals surface area contributed by atoms with E-state index in [0.717, 1.165) is 0 Å². The van der Waals surface area contributed by atoms with Crippen molar-refractivity contribution >= 4 is 6.01 Å². The van der Waals surface area contributed by atoms with Crippen LogP contribution in [0.5, 0.6) is 0 Å². The molecule has 0 spiro atoms. The molecule has 1 N–H and O–H groups in total. The van der Waals surface area contributed by atoms with Crippen LogP contribution in [0.3, 0.4) is 0 Å². The third kappa shape index (κ3) is 42.8. The second-order valence-corrected chi connectivity index (χ2v) is 2.73. The van der Waals surface area contributed by atoms with Crippen molar-refractivity contribution in [2.45, 2.75) is 53.6 Å². The van der Waals surface area contributed by atoms with E-state index in [1.807, 2.05) is 41.5 Å². The zero-order chi connectivity index (χ0) is 12.0. The fraction of sp³-hybridized carbons (Fsp3) is 0.900. The Kier molecular flexibility index (Phi) is 24.5. The van der Waals surface area contributed by atoms with Gasteiger partial charge in [-0.2, -0.15) is 5.54 Å². The van der Waals surface area contributed by atoms with Gasteiger partial charge in [-0.25, -0.2) is 9.98 Å². The van der Waals surface area contributed by atoms with Gasteiger partial charge in [0.1, 0.15) is 0 Å². The van der Waals surface area contributed by atoms with Gasteiger partial charge in [-0.15, -0.1) is 4.48 Å². The molecule has 0 bridgehead atoms. The summed E-state index contributed by atoms with van der Waals surface area (Å²) in [5, 5.41) is 0. The lowest BCUT2D eigenvalue weighted by Gasteiger charge is -1.89. The predicted molar refractivity (Wildman–Crippen MR) is 61.7 cm³/mol. The number of nitrogens with one attached hydrogen (secondary N) is 1. The van der Waals surface area contributed by atoms with E-state index in [9.17, 15) is 4.48 Å². The highest BCUT2D eigenvalue weighted by Gasteiger charge is 1.82. The van der Waals surface area contributed by atoms with E-state index in [-0.39, 0.29) is 0 Å². The Morgan fingerprint density at radius 1 is 1.00 bits per heavy atom. The first-order chi connectivity index (χ1) is 6.54. The number of aliphatic imine (C=N–C) groups is 2. The van der Waals surface area contributed by atoms with Gasteiger partial charge in [-0.1, -0.05) is 13.8 Å². The first-order valence-electron chi connectivity index (χ1n) is 4.96. The Hall–Kier alpha value is -0.730. The van der Waals surface area contributed by atoms with Crippen molar-refractivity contribution in [3.63, 3.8) is 0 Å². The molecule has 14 heavy (non-hydrogen) atoms. The highest BCUT2D eigenvalue weighted by atomic mass is 19.2. The lowest BCUT2D eigenvalue weighted by atomic mass is 10.4. The molecule has 0 aliphatic heterocycles. The van der Waals surface area contributed by atoms with Gasteiger partial charge in [0.25, 0.3) is 0 Å². The van der Waals surface area contributed by atoms with Crippen LogP contribution in [0, 0.1) is 0 Å². The minimum atomic E-state index is 0.312. The summed E-state index contributed by atoms with van der Waals surface area (Å²) in [5.41, 5.74) is 1.25. The molecule has 0 aromatic carbocycles. The van der Waals surface area contributed by atoms with E-state index in [1.165, 1.54) is 12.6 Å². The summed E-state index contributed by atoms with van der Waals surface area (Å²) in [6.45, 7) is 12.0. The summed E-state index contributed by atoms with van der Waals surface area (Å²) in [6.07, 6.45) is 0. The van der Waals surface area contributed by atoms with Crippen molar-refractivity contribution in [2.75, 3.05) is 7.05 Å². The van der Waals surface area contributed by atoms with Crippen LogP contribution < -0.4 is 5.54 Å². The number of hydrogen-bond acceptors (Lipinski definition) is 3. The normalized spacial score (nSPS) is 7.86. The second kappa shape index (κ2) is 18.1. The van der Waals surface area contributed by atoms with Crippen molar-refractivity contribution in [2.24, 2.45) is 9.98 Å². The number of hydrogen-bond donors (Lipinski definition) is 1. The predicted octanol–water partition coefficient (Wildman–Crippen LogP) is 3.09. The maximum atomic E-state index is 10.0. The Morgan fingerprint density at radius 2 is 1.21 bits per heavy atom. The highest BCUT2D eigenvalue weighted by molar-refractivity contribution is 5.41. The molecule has 0 aromatic heterocycles. The van der Waals surface area contributed by atoms with Gasteiger partial charge in [-0.05, 0) is 27.7 Å². The van der Waals surface area contributed by atoms with E-state index >= 15 is 0 Å². The van der Waals surface area contributed by atoms with Crippen molar-refractivity contribution in [3.8, 4) is 0 Å². The fourth-order valence-electron chi connectivity index (χ4n) is 0.264. The minimum Gasteiger partial charge on any atom is -0.223 e. The monoisotopic (exact) mass is 205 g/mol. The molecule has 0 fully saturated rings. The second-order valence-electron chi connectivity index (χ2n) is 2.73. The number of nitrogens with zero attached hydrogens (tertiary/aromatic N) is 2. The molecular weight excluding hydrogens is 181 g/mol. The highest BCUT2D eigenvalue weighted by Crippen LogP contribution is 1.84. The van der Waals surface area contributed by atoms with Gasteiger partial charge in [0.05, 0.1) is 18.1 Å². The molecule has 86 valence electrons. The zero-order valence-corrected chi connectivity index (χ0v) is 10.4. The summed E-state index contributed by atoms with van der Waals surface area (Å²) < 4.78 is 10.0. The molecule has 0 atom stereocenters. The topological polar surface area (TPSA) is 36.8 Å². The van der Waals surface area contributed by atoms with Crippen LogP contribution in [0.2, 0.25) is 0 Å².